The van der Waals surface area contributed by atoms with Gasteiger partial charge in [-0.2, -0.15) is 5.10 Å². The number of nitrogens with zero attached hydrogens (tertiary/aromatic N) is 2. The molecule has 4 rings (SSSR count). The van der Waals surface area contributed by atoms with Crippen molar-refractivity contribution in [3.63, 3.8) is 0 Å². The highest BCUT2D eigenvalue weighted by atomic mass is 16.2. The van der Waals surface area contributed by atoms with E-state index in [1.165, 1.54) is 11.1 Å². The standard InChI is InChI=1S/C18H17N3O/c1-21-16-9-5-4-8-14(16)17(20-21)18(22)19-15-11-10-12-6-2-3-7-13(12)15/h2-9,15H,10-11H2,1H3,(H,19,22)/t15-/m0/s1. The van der Waals surface area contributed by atoms with Crippen LogP contribution in [0.5, 0.6) is 0 Å². The van der Waals surface area contributed by atoms with Gasteiger partial charge in [-0.05, 0) is 30.0 Å². The maximum absolute atomic E-state index is 12.7. The molecule has 3 aromatic rings. The highest BCUT2D eigenvalue weighted by Gasteiger charge is 2.25. The molecule has 0 unspecified atom stereocenters. The number of benzene rings is 2. The summed E-state index contributed by atoms with van der Waals surface area (Å²) in [5.41, 5.74) is 4.04. The number of carbonyl (C=O) groups is 1. The number of aromatic nitrogens is 2. The summed E-state index contributed by atoms with van der Waals surface area (Å²) in [6.45, 7) is 0. The molecule has 1 aliphatic carbocycles. The van der Waals surface area contributed by atoms with Gasteiger partial charge in [0.15, 0.2) is 5.69 Å². The fourth-order valence-electron chi connectivity index (χ4n) is 3.32. The molecular formula is C18H17N3O. The molecule has 0 spiro atoms. The summed E-state index contributed by atoms with van der Waals surface area (Å²) in [5, 5.41) is 8.43. The zero-order chi connectivity index (χ0) is 15.1. The van der Waals surface area contributed by atoms with E-state index < -0.39 is 0 Å². The van der Waals surface area contributed by atoms with Crippen LogP contribution in [0.4, 0.5) is 0 Å². The zero-order valence-corrected chi connectivity index (χ0v) is 12.4. The van der Waals surface area contributed by atoms with Crippen molar-refractivity contribution in [3.8, 4) is 0 Å². The van der Waals surface area contributed by atoms with Gasteiger partial charge < -0.3 is 5.32 Å². The Kier molecular flexibility index (Phi) is 2.96. The van der Waals surface area contributed by atoms with Crippen molar-refractivity contribution in [1.29, 1.82) is 0 Å². The van der Waals surface area contributed by atoms with Crippen molar-refractivity contribution in [2.45, 2.75) is 18.9 Å². The predicted molar refractivity (Wildman–Crippen MR) is 85.7 cm³/mol. The first-order valence-electron chi connectivity index (χ1n) is 7.54. The number of carbonyl (C=O) groups excluding carboxylic acids is 1. The maximum atomic E-state index is 12.7. The number of para-hydroxylation sites is 1. The van der Waals surface area contributed by atoms with Crippen molar-refractivity contribution in [2.75, 3.05) is 0 Å². The Bertz CT molecular complexity index is 866. The molecule has 1 N–H and O–H groups in total. The number of hydrogen-bond acceptors (Lipinski definition) is 2. The van der Waals surface area contributed by atoms with Crippen molar-refractivity contribution in [3.05, 3.63) is 65.4 Å². The number of fused-ring (bicyclic) bond motifs is 2. The Hall–Kier alpha value is -2.62. The van der Waals surface area contributed by atoms with Gasteiger partial charge in [-0.15, -0.1) is 0 Å². The molecule has 1 atom stereocenters. The smallest absolute Gasteiger partial charge is 0.272 e. The van der Waals surface area contributed by atoms with E-state index >= 15 is 0 Å². The first-order chi connectivity index (χ1) is 10.7. The van der Waals surface area contributed by atoms with E-state index in [9.17, 15) is 4.79 Å². The Labute approximate surface area is 128 Å². The van der Waals surface area contributed by atoms with Crippen LogP contribution in [0.3, 0.4) is 0 Å². The molecule has 0 bridgehead atoms. The summed E-state index contributed by atoms with van der Waals surface area (Å²) in [6.07, 6.45) is 1.97. The molecule has 110 valence electrons. The van der Waals surface area contributed by atoms with Gasteiger partial charge in [-0.3, -0.25) is 9.48 Å². The summed E-state index contributed by atoms with van der Waals surface area (Å²) >= 11 is 0. The van der Waals surface area contributed by atoms with Crippen molar-refractivity contribution in [1.82, 2.24) is 15.1 Å². The number of nitrogens with one attached hydrogen (secondary N) is 1. The number of hydrogen-bond donors (Lipinski definition) is 1. The van der Waals surface area contributed by atoms with E-state index in [1.807, 2.05) is 37.4 Å². The second kappa shape index (κ2) is 4.98. The van der Waals surface area contributed by atoms with Gasteiger partial charge in [0.1, 0.15) is 0 Å². The quantitative estimate of drug-likeness (QED) is 0.789. The number of aryl methyl sites for hydroxylation is 2. The van der Waals surface area contributed by atoms with Gasteiger partial charge in [0.05, 0.1) is 11.6 Å². The Balaban J connectivity index is 1.65. The number of rotatable bonds is 2. The SMILES string of the molecule is Cn1nc(C(=O)N[C@H]2CCc3ccccc32)c2ccccc21. The lowest BCUT2D eigenvalue weighted by Crippen LogP contribution is -2.27. The average molecular weight is 291 g/mol. The van der Waals surface area contributed by atoms with E-state index in [0.717, 1.165) is 23.7 Å². The Morgan fingerprint density at radius 3 is 2.86 bits per heavy atom. The molecular weight excluding hydrogens is 274 g/mol. The van der Waals surface area contributed by atoms with Gasteiger partial charge in [0.25, 0.3) is 5.91 Å². The van der Waals surface area contributed by atoms with Gasteiger partial charge in [-0.1, -0.05) is 42.5 Å². The molecule has 1 aromatic heterocycles. The molecule has 1 amide bonds. The molecule has 0 fully saturated rings. The van der Waals surface area contributed by atoms with Gasteiger partial charge >= 0.3 is 0 Å². The van der Waals surface area contributed by atoms with Crippen LogP contribution in [0.25, 0.3) is 10.9 Å². The molecule has 0 aliphatic heterocycles. The predicted octanol–water partition coefficient (Wildman–Crippen LogP) is 2.99. The summed E-state index contributed by atoms with van der Waals surface area (Å²) in [4.78, 5) is 12.7. The molecule has 0 saturated heterocycles. The largest absolute Gasteiger partial charge is 0.344 e. The maximum Gasteiger partial charge on any atom is 0.272 e. The van der Waals surface area contributed by atoms with E-state index in [2.05, 4.69) is 28.6 Å². The first-order valence-corrected chi connectivity index (χ1v) is 7.54. The van der Waals surface area contributed by atoms with Crippen LogP contribution in [0.1, 0.15) is 34.1 Å². The van der Waals surface area contributed by atoms with E-state index in [4.69, 9.17) is 0 Å². The summed E-state index contributed by atoms with van der Waals surface area (Å²) < 4.78 is 1.76. The minimum atomic E-state index is -0.0986. The molecule has 22 heavy (non-hydrogen) atoms. The minimum Gasteiger partial charge on any atom is -0.344 e. The second-order valence-corrected chi connectivity index (χ2v) is 5.75. The fraction of sp³-hybridized carbons (Fsp3) is 0.222. The normalized spacial score (nSPS) is 16.7. The van der Waals surface area contributed by atoms with Crippen LogP contribution in [-0.4, -0.2) is 15.7 Å². The highest BCUT2D eigenvalue weighted by molar-refractivity contribution is 6.05. The third kappa shape index (κ3) is 1.99. The zero-order valence-electron chi connectivity index (χ0n) is 12.4. The van der Waals surface area contributed by atoms with Crippen LogP contribution in [0.15, 0.2) is 48.5 Å². The van der Waals surface area contributed by atoms with E-state index in [1.54, 1.807) is 4.68 Å². The van der Waals surface area contributed by atoms with Crippen molar-refractivity contribution < 1.29 is 4.79 Å². The summed E-state index contributed by atoms with van der Waals surface area (Å²) in [7, 11) is 1.87. The molecule has 1 aliphatic rings. The van der Waals surface area contributed by atoms with Crippen LogP contribution in [0.2, 0.25) is 0 Å². The minimum absolute atomic E-state index is 0.0875. The first kappa shape index (κ1) is 13.1. The van der Waals surface area contributed by atoms with E-state index in [-0.39, 0.29) is 11.9 Å². The van der Waals surface area contributed by atoms with Gasteiger partial charge in [0, 0.05) is 12.4 Å². The lowest BCUT2D eigenvalue weighted by molar-refractivity contribution is 0.0932. The van der Waals surface area contributed by atoms with Gasteiger partial charge in [-0.25, -0.2) is 0 Å². The number of amides is 1. The molecule has 4 nitrogen and oxygen atoms in total. The van der Waals surface area contributed by atoms with Crippen LogP contribution >= 0.6 is 0 Å². The third-order valence-corrected chi connectivity index (χ3v) is 4.41. The molecule has 2 aromatic carbocycles. The van der Waals surface area contributed by atoms with Gasteiger partial charge in [0.2, 0.25) is 0 Å². The lowest BCUT2D eigenvalue weighted by atomic mass is 10.1. The highest BCUT2D eigenvalue weighted by Crippen LogP contribution is 2.31. The van der Waals surface area contributed by atoms with Crippen LogP contribution < -0.4 is 5.32 Å². The summed E-state index contributed by atoms with van der Waals surface area (Å²) in [6, 6.07) is 16.2. The van der Waals surface area contributed by atoms with Crippen molar-refractivity contribution >= 4 is 16.8 Å². The Morgan fingerprint density at radius 2 is 1.95 bits per heavy atom. The molecule has 1 heterocycles. The third-order valence-electron chi connectivity index (χ3n) is 4.41. The van der Waals surface area contributed by atoms with Crippen molar-refractivity contribution in [2.24, 2.45) is 7.05 Å². The topological polar surface area (TPSA) is 46.9 Å². The fourth-order valence-corrected chi connectivity index (χ4v) is 3.32. The molecule has 4 heteroatoms. The average Bonchev–Trinajstić information content (AvgIpc) is 3.10. The Morgan fingerprint density at radius 1 is 1.18 bits per heavy atom. The van der Waals surface area contributed by atoms with E-state index in [0.29, 0.717) is 5.69 Å². The summed E-state index contributed by atoms with van der Waals surface area (Å²) in [5.74, 6) is -0.0986. The van der Waals surface area contributed by atoms with Crippen LogP contribution in [0, 0.1) is 0 Å². The van der Waals surface area contributed by atoms with Crippen LogP contribution in [-0.2, 0) is 13.5 Å². The molecule has 0 radical (unpaired) electrons. The molecule has 0 saturated carbocycles. The monoisotopic (exact) mass is 291 g/mol. The lowest BCUT2D eigenvalue weighted by Gasteiger charge is -2.13. The second-order valence-electron chi connectivity index (χ2n) is 5.75.